The first-order valence-corrected chi connectivity index (χ1v) is 10.6. The Hall–Kier alpha value is -3.10. The zero-order valence-electron chi connectivity index (χ0n) is 16.6. The smallest absolute Gasteiger partial charge is 0.342 e. The number of carbonyl (C=O) groups excluding carboxylic acids is 2. The highest BCUT2D eigenvalue weighted by molar-refractivity contribution is 7.99. The Morgan fingerprint density at radius 3 is 2.47 bits per heavy atom. The maximum atomic E-state index is 12.5. The first-order valence-electron chi connectivity index (χ1n) is 9.39. The minimum Gasteiger partial charge on any atom is -0.483 e. The zero-order valence-corrected chi connectivity index (χ0v) is 18.2. The Balaban J connectivity index is 1.55. The summed E-state index contributed by atoms with van der Waals surface area (Å²) in [6.45, 7) is -0.319. The van der Waals surface area contributed by atoms with E-state index in [4.69, 9.17) is 21.1 Å². The van der Waals surface area contributed by atoms with E-state index in [0.29, 0.717) is 27.4 Å². The highest BCUT2D eigenvalue weighted by Gasteiger charge is 2.15. The molecule has 0 aliphatic rings. The summed E-state index contributed by atoms with van der Waals surface area (Å²) in [5.74, 6) is -3.39. The number of hydrogen-bond acceptors (Lipinski definition) is 5. The van der Waals surface area contributed by atoms with Crippen LogP contribution in [0.1, 0.15) is 15.9 Å². The summed E-state index contributed by atoms with van der Waals surface area (Å²) < 4.78 is 35.6. The van der Waals surface area contributed by atoms with Gasteiger partial charge in [0, 0.05) is 15.6 Å². The number of hydrogen-bond donors (Lipinski definition) is 1. The summed E-state index contributed by atoms with van der Waals surface area (Å²) in [5, 5.41) is 3.14. The molecule has 0 atom stereocenters. The van der Waals surface area contributed by atoms with Gasteiger partial charge in [0.1, 0.15) is 17.9 Å². The minimum atomic E-state index is -2.51. The second-order valence-electron chi connectivity index (χ2n) is 6.44. The van der Waals surface area contributed by atoms with Crippen molar-refractivity contribution in [3.8, 4) is 5.75 Å². The fraction of sp³-hybridized carbons (Fsp3) is 0.130. The summed E-state index contributed by atoms with van der Waals surface area (Å²) >= 11 is 6.35. The molecular formula is C23H18ClF2NO4S. The van der Waals surface area contributed by atoms with E-state index in [1.807, 2.05) is 0 Å². The van der Waals surface area contributed by atoms with Gasteiger partial charge in [-0.3, -0.25) is 4.79 Å². The Morgan fingerprint density at radius 2 is 1.75 bits per heavy atom. The van der Waals surface area contributed by atoms with Gasteiger partial charge >= 0.3 is 5.97 Å². The van der Waals surface area contributed by atoms with Crippen LogP contribution in [0.25, 0.3) is 0 Å². The molecule has 3 aromatic rings. The zero-order chi connectivity index (χ0) is 22.9. The normalized spacial score (nSPS) is 10.6. The quantitative estimate of drug-likeness (QED) is 0.301. The molecule has 0 saturated carbocycles. The second-order valence-corrected chi connectivity index (χ2v) is 7.94. The van der Waals surface area contributed by atoms with Crippen LogP contribution < -0.4 is 10.1 Å². The molecule has 1 amide bonds. The number of anilines is 1. The number of alkyl halides is 2. The van der Waals surface area contributed by atoms with E-state index in [0.717, 1.165) is 5.56 Å². The fourth-order valence-corrected chi connectivity index (χ4v) is 3.39. The molecule has 0 fully saturated rings. The number of ether oxygens (including phenoxy) is 2. The molecule has 0 bridgehead atoms. The Labute approximate surface area is 192 Å². The predicted molar refractivity (Wildman–Crippen MR) is 119 cm³/mol. The molecule has 3 aromatic carbocycles. The molecule has 9 heteroatoms. The molecular weight excluding hydrogens is 460 g/mol. The van der Waals surface area contributed by atoms with Crippen LogP contribution in [-0.2, 0) is 16.1 Å². The average Bonchev–Trinajstić information content (AvgIpc) is 2.77. The van der Waals surface area contributed by atoms with E-state index in [9.17, 15) is 18.4 Å². The number of halogens is 3. The highest BCUT2D eigenvalue weighted by atomic mass is 35.5. The molecule has 166 valence electrons. The van der Waals surface area contributed by atoms with Gasteiger partial charge in [0.25, 0.3) is 11.7 Å². The number of benzene rings is 3. The average molecular weight is 478 g/mol. The van der Waals surface area contributed by atoms with Gasteiger partial charge in [0.15, 0.2) is 6.61 Å². The van der Waals surface area contributed by atoms with Crippen LogP contribution in [-0.4, -0.2) is 24.2 Å². The molecule has 0 aromatic heterocycles. The predicted octanol–water partition coefficient (Wildman–Crippen LogP) is 6.03. The number of amides is 1. The molecule has 0 radical (unpaired) electrons. The van der Waals surface area contributed by atoms with E-state index in [1.54, 1.807) is 42.5 Å². The number of nitrogens with one attached hydrogen (secondary N) is 1. The summed E-state index contributed by atoms with van der Waals surface area (Å²) in [4.78, 5) is 25.0. The maximum Gasteiger partial charge on any atom is 0.342 e. The van der Waals surface area contributed by atoms with Crippen molar-refractivity contribution in [3.63, 3.8) is 0 Å². The summed E-state index contributed by atoms with van der Waals surface area (Å²) in [6.07, 6.45) is 0. The summed E-state index contributed by atoms with van der Waals surface area (Å²) in [5.41, 5.74) is 1.35. The number of esters is 1. The lowest BCUT2D eigenvalue weighted by atomic mass is 10.2. The van der Waals surface area contributed by atoms with E-state index in [1.165, 1.54) is 30.3 Å². The molecule has 3 rings (SSSR count). The molecule has 0 aliphatic heterocycles. The highest BCUT2D eigenvalue weighted by Crippen LogP contribution is 2.26. The van der Waals surface area contributed by atoms with E-state index >= 15 is 0 Å². The number of rotatable bonds is 9. The topological polar surface area (TPSA) is 64.6 Å². The third-order valence-corrected chi connectivity index (χ3v) is 5.05. The lowest BCUT2D eigenvalue weighted by molar-refractivity contribution is -0.118. The van der Waals surface area contributed by atoms with Gasteiger partial charge in [-0.1, -0.05) is 47.6 Å². The third kappa shape index (κ3) is 7.25. The largest absolute Gasteiger partial charge is 0.483 e. The van der Waals surface area contributed by atoms with Gasteiger partial charge in [-0.05, 0) is 54.1 Å². The SMILES string of the molecule is O=C(COc1ccccc1C(=O)OCc1cccc(Cl)c1)Nc1ccc(SC(F)F)cc1. The van der Waals surface area contributed by atoms with Crippen LogP contribution in [0.5, 0.6) is 5.75 Å². The van der Waals surface area contributed by atoms with Crippen LogP contribution in [0.15, 0.2) is 77.7 Å². The first kappa shape index (κ1) is 23.6. The van der Waals surface area contributed by atoms with Crippen LogP contribution >= 0.6 is 23.4 Å². The van der Waals surface area contributed by atoms with Crippen molar-refractivity contribution in [1.82, 2.24) is 0 Å². The van der Waals surface area contributed by atoms with Gasteiger partial charge in [0.05, 0.1) is 0 Å². The molecule has 5 nitrogen and oxygen atoms in total. The molecule has 0 aliphatic carbocycles. The van der Waals surface area contributed by atoms with Gasteiger partial charge in [-0.15, -0.1) is 0 Å². The van der Waals surface area contributed by atoms with Crippen molar-refractivity contribution in [1.29, 1.82) is 0 Å². The van der Waals surface area contributed by atoms with Crippen molar-refractivity contribution in [2.75, 3.05) is 11.9 Å². The molecule has 0 spiro atoms. The van der Waals surface area contributed by atoms with Gasteiger partial charge in [-0.25, -0.2) is 4.79 Å². The molecule has 0 heterocycles. The van der Waals surface area contributed by atoms with Gasteiger partial charge < -0.3 is 14.8 Å². The van der Waals surface area contributed by atoms with Crippen molar-refractivity contribution >= 4 is 40.9 Å². The van der Waals surface area contributed by atoms with Crippen LogP contribution in [0.4, 0.5) is 14.5 Å². The van der Waals surface area contributed by atoms with Crippen molar-refractivity contribution in [3.05, 3.63) is 88.9 Å². The van der Waals surface area contributed by atoms with E-state index < -0.39 is 17.6 Å². The minimum absolute atomic E-state index is 0.0358. The molecule has 0 saturated heterocycles. The number of para-hydroxylation sites is 1. The number of thioether (sulfide) groups is 1. The standard InChI is InChI=1S/C23H18ClF2NO4S/c24-16-5-3-4-15(12-16)13-31-22(29)19-6-1-2-7-20(19)30-14-21(28)27-17-8-10-18(11-9-17)32-23(25)26/h1-12,23H,13-14H2,(H,27,28). The number of carbonyl (C=O) groups is 2. The van der Waals surface area contributed by atoms with Crippen molar-refractivity contribution in [2.45, 2.75) is 17.3 Å². The van der Waals surface area contributed by atoms with Crippen molar-refractivity contribution in [2.24, 2.45) is 0 Å². The van der Waals surface area contributed by atoms with Gasteiger partial charge in [-0.2, -0.15) is 8.78 Å². The lowest BCUT2D eigenvalue weighted by Gasteiger charge is -2.12. The fourth-order valence-electron chi connectivity index (χ4n) is 2.67. The van der Waals surface area contributed by atoms with Crippen LogP contribution in [0, 0.1) is 0 Å². The molecule has 1 N–H and O–H groups in total. The van der Waals surface area contributed by atoms with Crippen LogP contribution in [0.3, 0.4) is 0 Å². The van der Waals surface area contributed by atoms with Crippen molar-refractivity contribution < 1.29 is 27.8 Å². The monoisotopic (exact) mass is 477 g/mol. The third-order valence-electron chi connectivity index (χ3n) is 4.09. The summed E-state index contributed by atoms with van der Waals surface area (Å²) in [6, 6.07) is 19.4. The molecule has 32 heavy (non-hydrogen) atoms. The Bertz CT molecular complexity index is 1080. The summed E-state index contributed by atoms with van der Waals surface area (Å²) in [7, 11) is 0. The Morgan fingerprint density at radius 1 is 1.00 bits per heavy atom. The van der Waals surface area contributed by atoms with E-state index in [-0.39, 0.29) is 24.5 Å². The second kappa shape index (κ2) is 11.5. The maximum absolute atomic E-state index is 12.5. The lowest BCUT2D eigenvalue weighted by Crippen LogP contribution is -2.21. The Kier molecular flexibility index (Phi) is 8.47. The van der Waals surface area contributed by atoms with E-state index in [2.05, 4.69) is 5.32 Å². The first-order chi connectivity index (χ1) is 15.4. The van der Waals surface area contributed by atoms with Gasteiger partial charge in [0.2, 0.25) is 0 Å². The molecule has 0 unspecified atom stereocenters. The van der Waals surface area contributed by atoms with Crippen LogP contribution in [0.2, 0.25) is 5.02 Å².